The number of alkyl halides is 3. The summed E-state index contributed by atoms with van der Waals surface area (Å²) in [7, 11) is 1.29. The van der Waals surface area contributed by atoms with Gasteiger partial charge in [-0.25, -0.2) is 4.79 Å². The maximum atomic E-state index is 14.7. The normalized spacial score (nSPS) is 28.0. The molecule has 0 unspecified atom stereocenters. The van der Waals surface area contributed by atoms with Crippen molar-refractivity contribution >= 4 is 23.3 Å². The van der Waals surface area contributed by atoms with Gasteiger partial charge in [-0.05, 0) is 54.9 Å². The zero-order valence-electron chi connectivity index (χ0n) is 14.6. The average Bonchev–Trinajstić information content (AvgIpc) is 3.45. The van der Waals surface area contributed by atoms with E-state index in [0.717, 1.165) is 5.06 Å². The van der Waals surface area contributed by atoms with E-state index >= 15 is 0 Å². The molecular weight excluding hydrogens is 369 g/mol. The van der Waals surface area contributed by atoms with Crippen molar-refractivity contribution in [3.8, 4) is 0 Å². The van der Waals surface area contributed by atoms with Gasteiger partial charge in [0.05, 0.1) is 12.8 Å². The lowest BCUT2D eigenvalue weighted by atomic mass is 9.67. The van der Waals surface area contributed by atoms with Crippen LogP contribution in [0.25, 0.3) is 0 Å². The van der Waals surface area contributed by atoms with Gasteiger partial charge in [0, 0.05) is 17.6 Å². The molecule has 2 aliphatic carbocycles. The molecule has 2 fully saturated rings. The second-order valence-corrected chi connectivity index (χ2v) is 8.18. The summed E-state index contributed by atoms with van der Waals surface area (Å²) in [6.45, 7) is 1.26. The highest BCUT2D eigenvalue weighted by Crippen LogP contribution is 2.67. The number of rotatable bonds is 3. The largest absolute Gasteiger partial charge is 0.400 e. The van der Waals surface area contributed by atoms with Crippen LogP contribution in [-0.4, -0.2) is 36.8 Å². The molecule has 0 aromatic heterocycles. The molecule has 4 rings (SSSR count). The van der Waals surface area contributed by atoms with Crippen LogP contribution in [0.3, 0.4) is 0 Å². The van der Waals surface area contributed by atoms with Gasteiger partial charge in [-0.2, -0.15) is 18.2 Å². The number of anilines is 1. The minimum atomic E-state index is -4.53. The van der Waals surface area contributed by atoms with Gasteiger partial charge in [-0.15, -0.1) is 0 Å². The van der Waals surface area contributed by atoms with Crippen molar-refractivity contribution in [2.75, 3.05) is 18.7 Å². The summed E-state index contributed by atoms with van der Waals surface area (Å²) < 4.78 is 44.1. The summed E-state index contributed by atoms with van der Waals surface area (Å²) in [6.07, 6.45) is -2.19. The molecule has 2 saturated carbocycles. The van der Waals surface area contributed by atoms with E-state index in [2.05, 4.69) is 0 Å². The van der Waals surface area contributed by atoms with Gasteiger partial charge in [0.25, 0.3) is 0 Å². The van der Waals surface area contributed by atoms with Gasteiger partial charge in [-0.3, -0.25) is 4.84 Å². The Morgan fingerprint density at radius 3 is 2.42 bits per heavy atom. The second-order valence-electron chi connectivity index (χ2n) is 7.74. The van der Waals surface area contributed by atoms with E-state index in [1.54, 1.807) is 6.92 Å². The summed E-state index contributed by atoms with van der Waals surface area (Å²) in [5.41, 5.74) is -3.00. The molecule has 0 radical (unpaired) electrons. The molecule has 8 heteroatoms. The van der Waals surface area contributed by atoms with Crippen LogP contribution in [-0.2, 0) is 10.3 Å². The highest BCUT2D eigenvalue weighted by atomic mass is 35.5. The van der Waals surface area contributed by atoms with Crippen molar-refractivity contribution in [3.63, 3.8) is 0 Å². The van der Waals surface area contributed by atoms with E-state index in [1.165, 1.54) is 30.2 Å². The summed E-state index contributed by atoms with van der Waals surface area (Å²) >= 11 is 6.09. The first-order chi connectivity index (χ1) is 12.1. The Labute approximate surface area is 154 Å². The molecule has 0 spiro atoms. The van der Waals surface area contributed by atoms with E-state index in [0.29, 0.717) is 25.7 Å². The molecule has 1 aromatic carbocycles. The summed E-state index contributed by atoms with van der Waals surface area (Å²) in [5, 5.41) is 1.19. The maximum Gasteiger partial charge on any atom is 0.400 e. The number of benzene rings is 1. The zero-order valence-corrected chi connectivity index (χ0v) is 15.3. The van der Waals surface area contributed by atoms with Gasteiger partial charge in [-0.1, -0.05) is 18.5 Å². The molecule has 2 amide bonds. The number of carbonyl (C=O) groups excluding carboxylic acids is 1. The number of halogens is 4. The van der Waals surface area contributed by atoms with Crippen LogP contribution in [0, 0.1) is 5.41 Å². The van der Waals surface area contributed by atoms with Crippen molar-refractivity contribution in [3.05, 3.63) is 28.8 Å². The van der Waals surface area contributed by atoms with Gasteiger partial charge in [0.2, 0.25) is 0 Å². The second kappa shape index (κ2) is 5.52. The summed E-state index contributed by atoms with van der Waals surface area (Å²) in [4.78, 5) is 19.6. The number of nitrogens with zero attached hydrogens (tertiary/aromatic N) is 2. The van der Waals surface area contributed by atoms with Crippen molar-refractivity contribution < 1.29 is 22.8 Å². The number of hydrogen-bond acceptors (Lipinski definition) is 2. The Morgan fingerprint density at radius 1 is 1.27 bits per heavy atom. The van der Waals surface area contributed by atoms with E-state index in [1.807, 2.05) is 0 Å². The predicted octanol–water partition coefficient (Wildman–Crippen LogP) is 4.91. The lowest BCUT2D eigenvalue weighted by molar-refractivity contribution is -0.213. The third-order valence-corrected chi connectivity index (χ3v) is 6.38. The van der Waals surface area contributed by atoms with Crippen LogP contribution >= 0.6 is 11.6 Å². The molecule has 0 saturated heterocycles. The maximum absolute atomic E-state index is 14.7. The van der Waals surface area contributed by atoms with Crippen molar-refractivity contribution in [1.82, 2.24) is 4.90 Å². The van der Waals surface area contributed by atoms with Gasteiger partial charge in [0.15, 0.2) is 0 Å². The van der Waals surface area contributed by atoms with E-state index in [9.17, 15) is 18.0 Å². The third-order valence-electron chi connectivity index (χ3n) is 6.15. The van der Waals surface area contributed by atoms with Crippen LogP contribution in [0.4, 0.5) is 23.7 Å². The van der Waals surface area contributed by atoms with E-state index in [-0.39, 0.29) is 22.3 Å². The first kappa shape index (κ1) is 17.9. The fourth-order valence-corrected chi connectivity index (χ4v) is 4.39. The molecule has 3 aliphatic rings. The average molecular weight is 389 g/mol. The standard InChI is InChI=1S/C18H20ClF3N2O2/c1-16(7-8-16)17(18(20,21)22)10-23(12-4-5-12)15(25)24(26-2)14-6-3-11(19)9-13(14)17/h3,6,9,12H,4-5,7-8,10H2,1-2H3/t17-/m0/s1. The van der Waals surface area contributed by atoms with Crippen molar-refractivity contribution in [2.45, 2.75) is 50.2 Å². The van der Waals surface area contributed by atoms with Crippen LogP contribution in [0.1, 0.15) is 38.2 Å². The molecule has 142 valence electrons. The molecule has 26 heavy (non-hydrogen) atoms. The monoisotopic (exact) mass is 388 g/mol. The van der Waals surface area contributed by atoms with Crippen LogP contribution in [0.5, 0.6) is 0 Å². The number of hydroxylamine groups is 1. The fourth-order valence-electron chi connectivity index (χ4n) is 4.22. The lowest BCUT2D eigenvalue weighted by Crippen LogP contribution is -2.56. The van der Waals surface area contributed by atoms with Gasteiger partial charge >= 0.3 is 12.2 Å². The van der Waals surface area contributed by atoms with E-state index < -0.39 is 29.6 Å². The number of hydrogen-bond donors (Lipinski definition) is 0. The minimum absolute atomic E-state index is 0.0239. The Balaban J connectivity index is 2.02. The van der Waals surface area contributed by atoms with Crippen molar-refractivity contribution in [2.24, 2.45) is 5.41 Å². The Bertz CT molecular complexity index is 754. The molecule has 1 heterocycles. The van der Waals surface area contributed by atoms with Gasteiger partial charge < -0.3 is 4.90 Å². The molecule has 1 atom stereocenters. The molecule has 0 bridgehead atoms. The first-order valence-electron chi connectivity index (χ1n) is 8.66. The molecule has 1 aromatic rings. The highest BCUT2D eigenvalue weighted by molar-refractivity contribution is 6.30. The Kier molecular flexibility index (Phi) is 3.80. The van der Waals surface area contributed by atoms with E-state index in [4.69, 9.17) is 16.4 Å². The topological polar surface area (TPSA) is 32.8 Å². The van der Waals surface area contributed by atoms with Crippen LogP contribution in [0.15, 0.2) is 18.2 Å². The highest BCUT2D eigenvalue weighted by Gasteiger charge is 2.72. The molecule has 4 nitrogen and oxygen atoms in total. The number of fused-ring (bicyclic) bond motifs is 1. The minimum Gasteiger partial charge on any atom is -0.318 e. The number of carbonyl (C=O) groups is 1. The SMILES string of the molecule is CON1C(=O)N(C2CC2)C[C@@](C(F)(F)F)(C2(C)CC2)c2cc(Cl)ccc21. The third kappa shape index (κ3) is 2.36. The fraction of sp³-hybridized carbons (Fsp3) is 0.611. The summed E-state index contributed by atoms with van der Waals surface area (Å²) in [6, 6.07) is 3.57. The summed E-state index contributed by atoms with van der Waals surface area (Å²) in [5.74, 6) is 0. The quantitative estimate of drug-likeness (QED) is 0.737. The van der Waals surface area contributed by atoms with Gasteiger partial charge in [0.1, 0.15) is 5.41 Å². The predicted molar refractivity (Wildman–Crippen MR) is 91.1 cm³/mol. The Hall–Kier alpha value is -1.47. The van der Waals surface area contributed by atoms with Crippen LogP contribution < -0.4 is 5.06 Å². The number of urea groups is 1. The zero-order chi connectivity index (χ0) is 18.9. The van der Waals surface area contributed by atoms with Crippen molar-refractivity contribution in [1.29, 1.82) is 0 Å². The Morgan fingerprint density at radius 2 is 1.92 bits per heavy atom. The molecule has 0 N–H and O–H groups in total. The number of amides is 2. The van der Waals surface area contributed by atoms with Crippen LogP contribution in [0.2, 0.25) is 5.02 Å². The smallest absolute Gasteiger partial charge is 0.318 e. The first-order valence-corrected chi connectivity index (χ1v) is 9.04. The molecular formula is C18H20ClF3N2O2. The molecule has 1 aliphatic heterocycles. The lowest BCUT2D eigenvalue weighted by Gasteiger charge is -2.43.